The summed E-state index contributed by atoms with van der Waals surface area (Å²) in [4.78, 5) is 0. The van der Waals surface area contributed by atoms with Crippen LogP contribution in [0.25, 0.3) is 0 Å². The molecule has 0 aliphatic rings. The zero-order valence-corrected chi connectivity index (χ0v) is 52.8. The second kappa shape index (κ2) is 57.7. The van der Waals surface area contributed by atoms with Crippen LogP contribution in [-0.2, 0) is 18.9 Å². The number of thiocarbonyl (C=S) groups is 4. The third kappa shape index (κ3) is 49.6. The van der Waals surface area contributed by atoms with Crippen LogP contribution in [0.2, 0.25) is 0 Å². The minimum Gasteiger partial charge on any atom is -0.471 e. The van der Waals surface area contributed by atoms with Gasteiger partial charge in [-0.05, 0) is 81.0 Å². The van der Waals surface area contributed by atoms with Gasteiger partial charge in [-0.3, -0.25) is 0 Å². The summed E-state index contributed by atoms with van der Waals surface area (Å²) in [7, 11) is 0. The first-order valence-electron chi connectivity index (χ1n) is 32.6. The Labute approximate surface area is 478 Å². The van der Waals surface area contributed by atoms with E-state index >= 15 is 0 Å². The van der Waals surface area contributed by atoms with E-state index in [1.54, 1.807) is 0 Å². The molecular formula is C65H124O4S4. The zero-order valence-electron chi connectivity index (χ0n) is 49.5. The molecule has 432 valence electrons. The molecule has 73 heavy (non-hydrogen) atoms. The Hall–Kier alpha value is -0.440. The quantitative estimate of drug-likeness (QED) is 0.0339. The van der Waals surface area contributed by atoms with Crippen LogP contribution in [0.4, 0.5) is 0 Å². The summed E-state index contributed by atoms with van der Waals surface area (Å²) >= 11 is 24.3. The largest absolute Gasteiger partial charge is 0.471 e. The van der Waals surface area contributed by atoms with Crippen LogP contribution < -0.4 is 0 Å². The van der Waals surface area contributed by atoms with Crippen LogP contribution in [-0.4, -0.2) is 32.3 Å². The topological polar surface area (TPSA) is 36.9 Å². The van der Waals surface area contributed by atoms with Crippen LogP contribution in [0.1, 0.15) is 381 Å². The van der Waals surface area contributed by atoms with Crippen molar-refractivity contribution >= 4 is 69.1 Å². The van der Waals surface area contributed by atoms with E-state index in [4.69, 9.17) is 67.8 Å². The molecule has 0 aromatic carbocycles. The number of hydrogen-bond donors (Lipinski definition) is 0. The Balaban J connectivity index is 5.84. The average Bonchev–Trinajstić information content (AvgIpc) is 3.37. The zero-order chi connectivity index (χ0) is 53.4. The summed E-state index contributed by atoms with van der Waals surface area (Å²) in [6.45, 7) is 11.3. The van der Waals surface area contributed by atoms with Gasteiger partial charge in [0.2, 0.25) is 6.10 Å². The molecule has 0 fully saturated rings. The molecule has 0 radical (unpaired) electrons. The van der Waals surface area contributed by atoms with Crippen LogP contribution in [0.15, 0.2) is 0 Å². The lowest BCUT2D eigenvalue weighted by Crippen LogP contribution is -2.54. The smallest absolute Gasteiger partial charge is 0.458 e. The fourth-order valence-electron chi connectivity index (χ4n) is 10.1. The second-order valence-electron chi connectivity index (χ2n) is 22.3. The van der Waals surface area contributed by atoms with Gasteiger partial charge in [-0.15, -0.1) is 0 Å². The standard InChI is InChI=1S/C65H124O4S4/c1-6-11-15-19-23-27-31-35-39-43-47-51-56-61(70)66-60(55-10-5)65(67-62(71)57-52-48-44-40-36-32-28-24-20-16-12-7-2,68-63(72)58-53-49-45-41-37-33-29-25-21-17-13-8-3)69-64(73)59-54-50-46-42-38-34-30-26-22-18-14-9-4/h60H,6-59H2,1-5H3. The van der Waals surface area contributed by atoms with E-state index in [2.05, 4.69) is 34.6 Å². The van der Waals surface area contributed by atoms with E-state index in [1.165, 1.54) is 257 Å². The first-order valence-corrected chi connectivity index (χ1v) is 34.3. The Kier molecular flexibility index (Phi) is 57.4. The fraction of sp³-hybridized carbons (Fsp3) is 0.938. The Bertz CT molecular complexity index is 1110. The first-order chi connectivity index (χ1) is 35.8. The summed E-state index contributed by atoms with van der Waals surface area (Å²) in [5, 5.41) is 2.01. The van der Waals surface area contributed by atoms with Crippen LogP contribution in [0.3, 0.4) is 0 Å². The van der Waals surface area contributed by atoms with Crippen molar-refractivity contribution in [1.82, 2.24) is 0 Å². The fourth-order valence-corrected chi connectivity index (χ4v) is 11.2. The maximum atomic E-state index is 6.87. The summed E-state index contributed by atoms with van der Waals surface area (Å²) in [5.41, 5.74) is 0. The third-order valence-electron chi connectivity index (χ3n) is 14.9. The van der Waals surface area contributed by atoms with Gasteiger partial charge in [-0.2, -0.15) is 0 Å². The van der Waals surface area contributed by atoms with E-state index in [-0.39, 0.29) is 0 Å². The Morgan fingerprint density at radius 1 is 0.247 bits per heavy atom. The first kappa shape index (κ1) is 72.6. The van der Waals surface area contributed by atoms with Gasteiger partial charge in [-0.25, -0.2) is 0 Å². The maximum absolute atomic E-state index is 6.87. The van der Waals surface area contributed by atoms with Crippen molar-refractivity contribution in [1.29, 1.82) is 0 Å². The Morgan fingerprint density at radius 3 is 0.616 bits per heavy atom. The average molecular weight is 1100 g/mol. The molecule has 0 aromatic heterocycles. The number of rotatable bonds is 59. The van der Waals surface area contributed by atoms with Crippen molar-refractivity contribution in [2.45, 2.75) is 393 Å². The van der Waals surface area contributed by atoms with Crippen molar-refractivity contribution in [2.24, 2.45) is 0 Å². The van der Waals surface area contributed by atoms with Crippen molar-refractivity contribution in [3.05, 3.63) is 0 Å². The lowest BCUT2D eigenvalue weighted by molar-refractivity contribution is -0.320. The normalized spacial score (nSPS) is 12.0. The summed E-state index contributed by atoms with van der Waals surface area (Å²) in [6, 6.07) is 0. The van der Waals surface area contributed by atoms with Gasteiger partial charge < -0.3 is 18.9 Å². The molecule has 0 amide bonds. The molecule has 0 spiro atoms. The SMILES string of the molecule is CCCCCCCCCCCCCCC(=S)OC(CCC)C(OC(=S)CCCCCCCCCCCCCC)(OC(=S)CCCCCCCCCCCCCC)OC(=S)CCCCCCCCCCCCCC. The lowest BCUT2D eigenvalue weighted by Gasteiger charge is -2.39. The minimum absolute atomic E-state index is 0.477. The molecule has 0 saturated carbocycles. The molecule has 1 unspecified atom stereocenters. The molecule has 0 N–H and O–H groups in total. The van der Waals surface area contributed by atoms with Gasteiger partial charge in [0.05, 0.1) is 0 Å². The molecule has 4 nitrogen and oxygen atoms in total. The predicted octanol–water partition coefficient (Wildman–Crippen LogP) is 24.5. The highest BCUT2D eigenvalue weighted by Crippen LogP contribution is 2.32. The summed E-state index contributed by atoms with van der Waals surface area (Å²) in [6.07, 6.45) is 65.6. The molecule has 8 heteroatoms. The van der Waals surface area contributed by atoms with Crippen molar-refractivity contribution in [2.75, 3.05) is 0 Å². The van der Waals surface area contributed by atoms with E-state index in [9.17, 15) is 0 Å². The van der Waals surface area contributed by atoms with Gasteiger partial charge in [0.1, 0.15) is 0 Å². The van der Waals surface area contributed by atoms with Gasteiger partial charge in [0.25, 0.3) is 0 Å². The lowest BCUT2D eigenvalue weighted by atomic mass is 10.0. The van der Waals surface area contributed by atoms with Gasteiger partial charge in [0, 0.05) is 25.7 Å². The predicted molar refractivity (Wildman–Crippen MR) is 339 cm³/mol. The van der Waals surface area contributed by atoms with E-state index < -0.39 is 12.1 Å². The van der Waals surface area contributed by atoms with Gasteiger partial charge in [-0.1, -0.05) is 324 Å². The van der Waals surface area contributed by atoms with Gasteiger partial charge in [0.15, 0.2) is 20.2 Å². The van der Waals surface area contributed by atoms with Crippen molar-refractivity contribution in [3.63, 3.8) is 0 Å². The maximum Gasteiger partial charge on any atom is 0.458 e. The highest BCUT2D eigenvalue weighted by Gasteiger charge is 2.51. The molecule has 0 heterocycles. The molecule has 1 atom stereocenters. The van der Waals surface area contributed by atoms with Crippen LogP contribution in [0.5, 0.6) is 0 Å². The van der Waals surface area contributed by atoms with Crippen molar-refractivity contribution < 1.29 is 18.9 Å². The van der Waals surface area contributed by atoms with Gasteiger partial charge >= 0.3 is 5.97 Å². The van der Waals surface area contributed by atoms with Crippen LogP contribution >= 0.6 is 48.9 Å². The van der Waals surface area contributed by atoms with E-state index in [0.29, 0.717) is 45.9 Å². The highest BCUT2D eigenvalue weighted by molar-refractivity contribution is 7.80. The number of hydrogen-bond acceptors (Lipinski definition) is 8. The summed E-state index contributed by atoms with van der Waals surface area (Å²) < 4.78 is 27.4. The minimum atomic E-state index is -1.72. The van der Waals surface area contributed by atoms with E-state index in [0.717, 1.165) is 64.2 Å². The molecular weight excluding hydrogens is 973 g/mol. The molecule has 0 bridgehead atoms. The monoisotopic (exact) mass is 1100 g/mol. The number of ether oxygens (including phenoxy) is 4. The number of unbranched alkanes of at least 4 members (excludes halogenated alkanes) is 44. The van der Waals surface area contributed by atoms with E-state index in [1.807, 2.05) is 0 Å². The Morgan fingerprint density at radius 2 is 0.425 bits per heavy atom. The van der Waals surface area contributed by atoms with Crippen molar-refractivity contribution in [3.8, 4) is 0 Å². The van der Waals surface area contributed by atoms with Crippen LogP contribution in [0, 0.1) is 0 Å². The summed E-state index contributed by atoms with van der Waals surface area (Å²) in [5.74, 6) is -1.72. The molecule has 0 saturated heterocycles. The third-order valence-corrected chi connectivity index (χ3v) is 16.1. The molecule has 0 aliphatic carbocycles. The highest BCUT2D eigenvalue weighted by atomic mass is 32.1. The second-order valence-corrected chi connectivity index (χ2v) is 24.2. The molecule has 0 rings (SSSR count). The molecule has 0 aliphatic heterocycles. The molecule has 0 aromatic rings.